The lowest BCUT2D eigenvalue weighted by Crippen LogP contribution is -2.11. The molecule has 0 fully saturated rings. The minimum Gasteiger partial charge on any atom is -0.490 e. The van der Waals surface area contributed by atoms with Crippen LogP contribution in [0.3, 0.4) is 0 Å². The molecule has 36 heavy (non-hydrogen) atoms. The van der Waals surface area contributed by atoms with E-state index in [0.29, 0.717) is 40.7 Å². The van der Waals surface area contributed by atoms with Crippen LogP contribution in [-0.4, -0.2) is 32.8 Å². The average Bonchev–Trinajstić information content (AvgIpc) is 3.23. The van der Waals surface area contributed by atoms with Crippen molar-refractivity contribution >= 4 is 23.4 Å². The first kappa shape index (κ1) is 25.5. The highest BCUT2D eigenvalue weighted by atomic mass is 35.5. The van der Waals surface area contributed by atoms with Crippen molar-refractivity contribution in [2.75, 3.05) is 13.2 Å². The normalized spacial score (nSPS) is 11.8. The Labute approximate surface area is 218 Å². The van der Waals surface area contributed by atoms with Crippen molar-refractivity contribution < 1.29 is 14.4 Å². The van der Waals surface area contributed by atoms with Crippen LogP contribution in [0.15, 0.2) is 78.0 Å². The van der Waals surface area contributed by atoms with Gasteiger partial charge in [-0.15, -0.1) is 10.2 Å². The number of nitro groups is 1. The van der Waals surface area contributed by atoms with Crippen LogP contribution in [0.25, 0.3) is 5.69 Å². The second-order valence-electron chi connectivity index (χ2n) is 7.88. The van der Waals surface area contributed by atoms with E-state index in [1.165, 1.54) is 11.8 Å². The van der Waals surface area contributed by atoms with Gasteiger partial charge in [0.1, 0.15) is 17.7 Å². The van der Waals surface area contributed by atoms with Gasteiger partial charge in [0.25, 0.3) is 0 Å². The highest BCUT2D eigenvalue weighted by Crippen LogP contribution is 2.39. The van der Waals surface area contributed by atoms with Crippen LogP contribution in [-0.2, 0) is 6.61 Å². The number of ether oxygens (including phenoxy) is 2. The topological polar surface area (TPSA) is 92.3 Å². The van der Waals surface area contributed by atoms with E-state index in [1.54, 1.807) is 24.3 Å². The highest BCUT2D eigenvalue weighted by Gasteiger charge is 2.25. The number of aryl methyl sites for hydroxylation is 1. The molecule has 4 aromatic rings. The lowest BCUT2D eigenvalue weighted by Gasteiger charge is -2.17. The van der Waals surface area contributed by atoms with E-state index >= 15 is 0 Å². The van der Waals surface area contributed by atoms with Crippen LogP contribution in [0.4, 0.5) is 0 Å². The quantitative estimate of drug-likeness (QED) is 0.129. The SMILES string of the molecule is CCOc1cc([C@H](C[N+](=O)[O-])Sc2nnc(C)n2-c2ccc(Cl)cc2)ccc1OCc1ccccc1. The highest BCUT2D eigenvalue weighted by molar-refractivity contribution is 7.99. The lowest BCUT2D eigenvalue weighted by molar-refractivity contribution is -0.479. The number of halogens is 1. The number of hydrogen-bond acceptors (Lipinski definition) is 7. The molecule has 3 aromatic carbocycles. The van der Waals surface area contributed by atoms with Crippen molar-refractivity contribution in [3.63, 3.8) is 0 Å². The average molecular weight is 525 g/mol. The predicted molar refractivity (Wildman–Crippen MR) is 140 cm³/mol. The van der Waals surface area contributed by atoms with Gasteiger partial charge < -0.3 is 9.47 Å². The van der Waals surface area contributed by atoms with Crippen molar-refractivity contribution in [2.24, 2.45) is 0 Å². The monoisotopic (exact) mass is 524 g/mol. The summed E-state index contributed by atoms with van der Waals surface area (Å²) in [4.78, 5) is 11.3. The van der Waals surface area contributed by atoms with E-state index in [1.807, 2.05) is 66.9 Å². The van der Waals surface area contributed by atoms with Crippen molar-refractivity contribution in [1.29, 1.82) is 0 Å². The molecule has 10 heteroatoms. The summed E-state index contributed by atoms with van der Waals surface area (Å²) in [5, 5.41) is 20.7. The van der Waals surface area contributed by atoms with Gasteiger partial charge in [-0.05, 0) is 61.4 Å². The van der Waals surface area contributed by atoms with E-state index in [2.05, 4.69) is 10.2 Å². The van der Waals surface area contributed by atoms with Gasteiger partial charge in [0.15, 0.2) is 16.7 Å². The summed E-state index contributed by atoms with van der Waals surface area (Å²) in [6, 6.07) is 22.5. The molecule has 0 aliphatic carbocycles. The molecule has 0 bridgehead atoms. The van der Waals surface area contributed by atoms with Crippen LogP contribution in [0.5, 0.6) is 11.5 Å². The molecule has 186 valence electrons. The molecule has 8 nitrogen and oxygen atoms in total. The fourth-order valence-electron chi connectivity index (χ4n) is 3.63. The molecule has 0 unspecified atom stereocenters. The number of nitrogens with zero attached hydrogens (tertiary/aromatic N) is 4. The van der Waals surface area contributed by atoms with Crippen LogP contribution < -0.4 is 9.47 Å². The van der Waals surface area contributed by atoms with Crippen molar-refractivity contribution in [3.05, 3.63) is 105 Å². The van der Waals surface area contributed by atoms with Gasteiger partial charge in [-0.25, -0.2) is 0 Å². The third-order valence-electron chi connectivity index (χ3n) is 5.32. The van der Waals surface area contributed by atoms with Gasteiger partial charge >= 0.3 is 0 Å². The molecule has 0 amide bonds. The number of rotatable bonds is 11. The molecule has 1 aromatic heterocycles. The zero-order valence-electron chi connectivity index (χ0n) is 19.8. The Kier molecular flexibility index (Phi) is 8.45. The van der Waals surface area contributed by atoms with E-state index in [4.69, 9.17) is 21.1 Å². The minimum absolute atomic E-state index is 0.299. The fraction of sp³-hybridized carbons (Fsp3) is 0.231. The summed E-state index contributed by atoms with van der Waals surface area (Å²) in [6.45, 7) is 4.24. The van der Waals surface area contributed by atoms with E-state index in [9.17, 15) is 10.1 Å². The van der Waals surface area contributed by atoms with Crippen molar-refractivity contribution in [2.45, 2.75) is 30.9 Å². The first-order valence-corrected chi connectivity index (χ1v) is 12.6. The Bertz CT molecular complexity index is 1320. The number of aromatic nitrogens is 3. The number of thioether (sulfide) groups is 1. The van der Waals surface area contributed by atoms with E-state index < -0.39 is 5.25 Å². The predicted octanol–water partition coefficient (Wildman–Crippen LogP) is 6.32. The van der Waals surface area contributed by atoms with Crippen LogP contribution >= 0.6 is 23.4 Å². The van der Waals surface area contributed by atoms with Gasteiger partial charge in [0, 0.05) is 15.6 Å². The van der Waals surface area contributed by atoms with Crippen LogP contribution in [0.2, 0.25) is 5.02 Å². The van der Waals surface area contributed by atoms with Crippen LogP contribution in [0.1, 0.15) is 29.1 Å². The third kappa shape index (κ3) is 6.35. The van der Waals surface area contributed by atoms with Gasteiger partial charge in [0.2, 0.25) is 6.54 Å². The van der Waals surface area contributed by atoms with Gasteiger partial charge in [-0.2, -0.15) is 0 Å². The standard InChI is InChI=1S/C26H25ClN4O4S/c1-3-34-24-15-20(9-14-23(24)35-17-19-7-5-4-6-8-19)25(16-30(32)33)36-26-29-28-18(2)31(26)22-12-10-21(27)11-13-22/h4-15,25H,3,16-17H2,1-2H3/t25-/m0/s1. The Morgan fingerprint density at radius 1 is 1.03 bits per heavy atom. The molecule has 1 atom stereocenters. The molecule has 1 heterocycles. The summed E-state index contributed by atoms with van der Waals surface area (Å²) in [6.07, 6.45) is 0. The molecule has 0 radical (unpaired) electrons. The zero-order valence-corrected chi connectivity index (χ0v) is 21.4. The second kappa shape index (κ2) is 11.9. The maximum Gasteiger partial charge on any atom is 0.220 e. The lowest BCUT2D eigenvalue weighted by atomic mass is 10.1. The van der Waals surface area contributed by atoms with Gasteiger partial charge in [-0.3, -0.25) is 14.7 Å². The minimum atomic E-state index is -0.531. The molecule has 0 saturated heterocycles. The van der Waals surface area contributed by atoms with Gasteiger partial charge in [-0.1, -0.05) is 59.8 Å². The largest absolute Gasteiger partial charge is 0.490 e. The van der Waals surface area contributed by atoms with E-state index in [0.717, 1.165) is 16.8 Å². The third-order valence-corrected chi connectivity index (χ3v) is 6.75. The molecule has 0 spiro atoms. The molecule has 0 aliphatic rings. The second-order valence-corrected chi connectivity index (χ2v) is 9.48. The molecule has 4 rings (SSSR count). The molecule has 0 aliphatic heterocycles. The zero-order chi connectivity index (χ0) is 25.5. The maximum atomic E-state index is 11.6. The molecule has 0 saturated carbocycles. The Hall–Kier alpha value is -3.56. The first-order valence-electron chi connectivity index (χ1n) is 11.3. The summed E-state index contributed by atoms with van der Waals surface area (Å²) in [7, 11) is 0. The van der Waals surface area contributed by atoms with E-state index in [-0.39, 0.29) is 11.5 Å². The van der Waals surface area contributed by atoms with Crippen LogP contribution in [0, 0.1) is 17.0 Å². The summed E-state index contributed by atoms with van der Waals surface area (Å²) in [5.41, 5.74) is 2.59. The van der Waals surface area contributed by atoms with Crippen molar-refractivity contribution in [1.82, 2.24) is 14.8 Å². The Balaban J connectivity index is 1.62. The summed E-state index contributed by atoms with van der Waals surface area (Å²) < 4.78 is 13.7. The smallest absolute Gasteiger partial charge is 0.220 e. The first-order chi connectivity index (χ1) is 17.4. The maximum absolute atomic E-state index is 11.6. The molecular weight excluding hydrogens is 500 g/mol. The Morgan fingerprint density at radius 2 is 1.78 bits per heavy atom. The number of hydrogen-bond donors (Lipinski definition) is 0. The summed E-state index contributed by atoms with van der Waals surface area (Å²) in [5.74, 6) is 1.78. The number of benzene rings is 3. The molecule has 0 N–H and O–H groups in total. The fourth-order valence-corrected chi connectivity index (χ4v) is 4.92. The molecular formula is C26H25ClN4O4S. The van der Waals surface area contributed by atoms with Gasteiger partial charge in [0.05, 0.1) is 6.61 Å². The Morgan fingerprint density at radius 3 is 2.47 bits per heavy atom. The van der Waals surface area contributed by atoms with Crippen molar-refractivity contribution in [3.8, 4) is 17.2 Å². The summed E-state index contributed by atoms with van der Waals surface area (Å²) >= 11 is 7.32.